The summed E-state index contributed by atoms with van der Waals surface area (Å²) in [6.07, 6.45) is -0.540. The Hall–Kier alpha value is -2.77. The second kappa shape index (κ2) is 9.82. The minimum Gasteiger partial charge on any atom is -0.479 e. The van der Waals surface area contributed by atoms with Crippen molar-refractivity contribution in [2.45, 2.75) is 32.9 Å². The van der Waals surface area contributed by atoms with Gasteiger partial charge in [0.2, 0.25) is 0 Å². The van der Waals surface area contributed by atoms with E-state index in [2.05, 4.69) is 34.7 Å². The zero-order valence-electron chi connectivity index (χ0n) is 17.4. The number of rotatable bonds is 7. The molecule has 1 aliphatic rings. The van der Waals surface area contributed by atoms with Crippen molar-refractivity contribution < 1.29 is 14.3 Å². The number of ether oxygens (including phenoxy) is 1. The van der Waals surface area contributed by atoms with Crippen LogP contribution >= 0.6 is 11.6 Å². The lowest BCUT2D eigenvalue weighted by Crippen LogP contribution is -2.39. The molecule has 0 fully saturated rings. The fraction of sp³-hybridized carbons (Fsp3) is 0.364. The van der Waals surface area contributed by atoms with Crippen LogP contribution < -0.4 is 20.7 Å². The Labute approximate surface area is 181 Å². The molecule has 8 heteroatoms. The largest absolute Gasteiger partial charge is 0.479 e. The second-order valence-electron chi connectivity index (χ2n) is 7.05. The maximum atomic E-state index is 12.5. The molecule has 3 rings (SSSR count). The molecule has 0 aromatic heterocycles. The van der Waals surface area contributed by atoms with Gasteiger partial charge in [0.25, 0.3) is 5.91 Å². The van der Waals surface area contributed by atoms with Crippen LogP contribution in [0.4, 0.5) is 16.2 Å². The van der Waals surface area contributed by atoms with Crippen molar-refractivity contribution in [1.29, 1.82) is 0 Å². The standard InChI is InChI=1S/C22H27ClN4O3/c1-4-27(5-2)19(16-8-6-7-9-17(16)23)13-24-22(29)25-15-10-11-20-18(12-15)26-21(28)14(3)30-20/h6-12,14,19H,4-5,13H2,1-3H3,(H,26,28)(H2,24,25,29)/t14-,19+/m0/s1. The van der Waals surface area contributed by atoms with E-state index >= 15 is 0 Å². The average Bonchev–Trinajstić information content (AvgIpc) is 2.73. The first-order valence-electron chi connectivity index (χ1n) is 10.1. The van der Waals surface area contributed by atoms with Gasteiger partial charge in [0.1, 0.15) is 5.75 Å². The number of nitrogens with one attached hydrogen (secondary N) is 3. The molecule has 30 heavy (non-hydrogen) atoms. The lowest BCUT2D eigenvalue weighted by molar-refractivity contribution is -0.122. The van der Waals surface area contributed by atoms with E-state index in [4.69, 9.17) is 16.3 Å². The molecule has 0 aliphatic carbocycles. The molecule has 0 spiro atoms. The summed E-state index contributed by atoms with van der Waals surface area (Å²) in [7, 11) is 0. The average molecular weight is 431 g/mol. The van der Waals surface area contributed by atoms with Crippen molar-refractivity contribution in [3.05, 3.63) is 53.1 Å². The van der Waals surface area contributed by atoms with Gasteiger partial charge in [0.15, 0.2) is 6.10 Å². The summed E-state index contributed by atoms with van der Waals surface area (Å²) in [4.78, 5) is 26.6. The van der Waals surface area contributed by atoms with E-state index < -0.39 is 6.10 Å². The van der Waals surface area contributed by atoms with Crippen molar-refractivity contribution in [2.75, 3.05) is 30.3 Å². The highest BCUT2D eigenvalue weighted by molar-refractivity contribution is 6.31. The highest BCUT2D eigenvalue weighted by Gasteiger charge is 2.24. The van der Waals surface area contributed by atoms with Gasteiger partial charge < -0.3 is 20.7 Å². The number of hydrogen-bond donors (Lipinski definition) is 3. The van der Waals surface area contributed by atoms with E-state index in [9.17, 15) is 9.59 Å². The van der Waals surface area contributed by atoms with Gasteiger partial charge in [0.05, 0.1) is 11.7 Å². The van der Waals surface area contributed by atoms with E-state index in [0.29, 0.717) is 28.7 Å². The van der Waals surface area contributed by atoms with Crippen LogP contribution in [0, 0.1) is 0 Å². The van der Waals surface area contributed by atoms with Gasteiger partial charge >= 0.3 is 6.03 Å². The predicted octanol–water partition coefficient (Wildman–Crippen LogP) is 4.26. The topological polar surface area (TPSA) is 82.7 Å². The van der Waals surface area contributed by atoms with Gasteiger partial charge in [-0.3, -0.25) is 9.69 Å². The zero-order chi connectivity index (χ0) is 21.7. The van der Waals surface area contributed by atoms with Crippen molar-refractivity contribution in [2.24, 2.45) is 0 Å². The third kappa shape index (κ3) is 5.04. The SMILES string of the molecule is CCN(CC)[C@H](CNC(=O)Nc1ccc2c(c1)NC(=O)[C@H](C)O2)c1ccccc1Cl. The summed E-state index contributed by atoms with van der Waals surface area (Å²) in [6, 6.07) is 12.4. The van der Waals surface area contributed by atoms with Gasteiger partial charge in [-0.25, -0.2) is 4.79 Å². The Morgan fingerprint density at radius 2 is 1.97 bits per heavy atom. The smallest absolute Gasteiger partial charge is 0.319 e. The van der Waals surface area contributed by atoms with Crippen LogP contribution in [-0.2, 0) is 4.79 Å². The number of carbonyl (C=O) groups excluding carboxylic acids is 2. The quantitative estimate of drug-likeness (QED) is 0.612. The summed E-state index contributed by atoms with van der Waals surface area (Å²) in [6.45, 7) is 7.91. The number of carbonyl (C=O) groups is 2. The molecule has 160 valence electrons. The summed E-state index contributed by atoms with van der Waals surface area (Å²) in [5.41, 5.74) is 2.07. The van der Waals surface area contributed by atoms with E-state index in [1.54, 1.807) is 25.1 Å². The van der Waals surface area contributed by atoms with Crippen LogP contribution in [0.3, 0.4) is 0 Å². The third-order valence-corrected chi connectivity index (χ3v) is 5.49. The van der Waals surface area contributed by atoms with Gasteiger partial charge in [-0.05, 0) is 49.8 Å². The van der Waals surface area contributed by atoms with Crippen molar-refractivity contribution >= 4 is 34.9 Å². The lowest BCUT2D eigenvalue weighted by Gasteiger charge is -2.31. The molecule has 2 aromatic rings. The second-order valence-corrected chi connectivity index (χ2v) is 7.46. The van der Waals surface area contributed by atoms with Crippen molar-refractivity contribution in [1.82, 2.24) is 10.2 Å². The maximum absolute atomic E-state index is 12.5. The maximum Gasteiger partial charge on any atom is 0.319 e. The van der Waals surface area contributed by atoms with Crippen LogP contribution in [0.25, 0.3) is 0 Å². The van der Waals surface area contributed by atoms with E-state index in [1.807, 2.05) is 24.3 Å². The Morgan fingerprint density at radius 1 is 1.23 bits per heavy atom. The molecule has 0 saturated carbocycles. The fourth-order valence-corrected chi connectivity index (χ4v) is 3.76. The van der Waals surface area contributed by atoms with Crippen LogP contribution in [0.5, 0.6) is 5.75 Å². The number of amides is 3. The van der Waals surface area contributed by atoms with E-state index in [-0.39, 0.29) is 18.0 Å². The Bertz CT molecular complexity index is 917. The summed E-state index contributed by atoms with van der Waals surface area (Å²) >= 11 is 6.41. The summed E-state index contributed by atoms with van der Waals surface area (Å²) in [5, 5.41) is 9.19. The van der Waals surface area contributed by atoms with Crippen molar-refractivity contribution in [3.8, 4) is 5.75 Å². The highest BCUT2D eigenvalue weighted by atomic mass is 35.5. The molecule has 2 atom stereocenters. The number of halogens is 1. The first-order chi connectivity index (χ1) is 14.4. The first kappa shape index (κ1) is 21.9. The van der Waals surface area contributed by atoms with Gasteiger partial charge in [0, 0.05) is 17.3 Å². The van der Waals surface area contributed by atoms with Crippen molar-refractivity contribution in [3.63, 3.8) is 0 Å². The van der Waals surface area contributed by atoms with E-state index in [1.165, 1.54) is 0 Å². The summed E-state index contributed by atoms with van der Waals surface area (Å²) < 4.78 is 5.54. The number of urea groups is 1. The first-order valence-corrected chi connectivity index (χ1v) is 10.5. The molecule has 0 radical (unpaired) electrons. The number of nitrogens with zero attached hydrogens (tertiary/aromatic N) is 1. The zero-order valence-corrected chi connectivity index (χ0v) is 18.1. The molecule has 0 bridgehead atoms. The minimum absolute atomic E-state index is 0.0443. The number of fused-ring (bicyclic) bond motifs is 1. The summed E-state index contributed by atoms with van der Waals surface area (Å²) in [5.74, 6) is 0.360. The minimum atomic E-state index is -0.540. The van der Waals surface area contributed by atoms with Crippen LogP contribution in [0.2, 0.25) is 5.02 Å². The molecule has 3 amide bonds. The molecular weight excluding hydrogens is 404 g/mol. The Kier molecular flexibility index (Phi) is 7.18. The number of hydrogen-bond acceptors (Lipinski definition) is 4. The number of benzene rings is 2. The van der Waals surface area contributed by atoms with Gasteiger partial charge in [-0.2, -0.15) is 0 Å². The molecule has 0 unspecified atom stereocenters. The number of anilines is 2. The van der Waals surface area contributed by atoms with Crippen LogP contribution in [-0.4, -0.2) is 42.6 Å². The Morgan fingerprint density at radius 3 is 2.67 bits per heavy atom. The molecule has 0 saturated heterocycles. The van der Waals surface area contributed by atoms with Gasteiger partial charge in [-0.15, -0.1) is 0 Å². The molecule has 2 aromatic carbocycles. The van der Waals surface area contributed by atoms with Gasteiger partial charge in [-0.1, -0.05) is 43.6 Å². The molecule has 1 aliphatic heterocycles. The monoisotopic (exact) mass is 430 g/mol. The molecule has 1 heterocycles. The molecular formula is C22H27ClN4O3. The third-order valence-electron chi connectivity index (χ3n) is 5.14. The predicted molar refractivity (Wildman–Crippen MR) is 119 cm³/mol. The Balaban J connectivity index is 1.67. The lowest BCUT2D eigenvalue weighted by atomic mass is 10.0. The van der Waals surface area contributed by atoms with Crippen LogP contribution in [0.1, 0.15) is 32.4 Å². The highest BCUT2D eigenvalue weighted by Crippen LogP contribution is 2.32. The number of likely N-dealkylation sites (N-methyl/N-ethyl adjacent to an activating group) is 1. The molecule has 3 N–H and O–H groups in total. The molecule has 7 nitrogen and oxygen atoms in total. The van der Waals surface area contributed by atoms with E-state index in [0.717, 1.165) is 18.7 Å². The normalized spacial score (nSPS) is 16.3. The van der Waals surface area contributed by atoms with Crippen LogP contribution in [0.15, 0.2) is 42.5 Å². The fourth-order valence-electron chi connectivity index (χ4n) is 3.50.